The van der Waals surface area contributed by atoms with Crippen molar-refractivity contribution in [3.8, 4) is 0 Å². The first-order valence-corrected chi connectivity index (χ1v) is 8.77. The molecule has 0 aromatic heterocycles. The van der Waals surface area contributed by atoms with Crippen molar-refractivity contribution in [3.63, 3.8) is 0 Å². The summed E-state index contributed by atoms with van der Waals surface area (Å²) in [5.41, 5.74) is 7.68. The number of benzene rings is 1. The maximum absolute atomic E-state index is 12.7. The van der Waals surface area contributed by atoms with Crippen LogP contribution < -0.4 is 10.5 Å². The predicted molar refractivity (Wildman–Crippen MR) is 83.7 cm³/mol. The summed E-state index contributed by atoms with van der Waals surface area (Å²) < 4.78 is 33.5. The third-order valence-electron chi connectivity index (χ3n) is 4.23. The lowest BCUT2D eigenvalue weighted by atomic mass is 9.94. The van der Waals surface area contributed by atoms with E-state index < -0.39 is 10.0 Å². The maximum Gasteiger partial charge on any atom is 0.241 e. The predicted octanol–water partition coefficient (Wildman–Crippen LogP) is 1.98. The summed E-state index contributed by atoms with van der Waals surface area (Å²) in [4.78, 5) is 0.307. The molecule has 1 unspecified atom stereocenters. The van der Waals surface area contributed by atoms with Crippen LogP contribution in [0.15, 0.2) is 17.0 Å². The fraction of sp³-hybridized carbons (Fsp3) is 0.600. The van der Waals surface area contributed by atoms with E-state index in [9.17, 15) is 8.42 Å². The van der Waals surface area contributed by atoms with Crippen LogP contribution in [0.1, 0.15) is 30.9 Å². The standard InChI is InChI=1S/C15H24N2O3S/c1-10-4-5-14(16)11(2)15(10)21(18,19)17-12(3)13-6-8-20-9-7-13/h4-5,12-13,17H,6-9,16H2,1-3H3. The Morgan fingerprint density at radius 3 is 2.52 bits per heavy atom. The smallest absolute Gasteiger partial charge is 0.241 e. The van der Waals surface area contributed by atoms with Gasteiger partial charge in [-0.15, -0.1) is 0 Å². The lowest BCUT2D eigenvalue weighted by Gasteiger charge is -2.28. The Hall–Kier alpha value is -1.11. The zero-order chi connectivity index (χ0) is 15.6. The van der Waals surface area contributed by atoms with Crippen molar-refractivity contribution in [1.82, 2.24) is 4.72 Å². The normalized spacial score (nSPS) is 18.6. The molecule has 21 heavy (non-hydrogen) atoms. The quantitative estimate of drug-likeness (QED) is 0.833. The van der Waals surface area contributed by atoms with Crippen LogP contribution in [-0.2, 0) is 14.8 Å². The lowest BCUT2D eigenvalue weighted by molar-refractivity contribution is 0.0585. The van der Waals surface area contributed by atoms with Crippen molar-refractivity contribution >= 4 is 15.7 Å². The molecule has 2 rings (SSSR count). The van der Waals surface area contributed by atoms with E-state index in [1.807, 2.05) is 6.92 Å². The zero-order valence-electron chi connectivity index (χ0n) is 12.8. The zero-order valence-corrected chi connectivity index (χ0v) is 13.7. The monoisotopic (exact) mass is 312 g/mol. The number of aryl methyl sites for hydroxylation is 1. The molecule has 1 aliphatic heterocycles. The van der Waals surface area contributed by atoms with E-state index in [4.69, 9.17) is 10.5 Å². The minimum atomic E-state index is -3.56. The SMILES string of the molecule is Cc1ccc(N)c(C)c1S(=O)(=O)NC(C)C1CCOCC1. The molecule has 0 spiro atoms. The molecule has 1 aromatic carbocycles. The molecular weight excluding hydrogens is 288 g/mol. The molecule has 5 nitrogen and oxygen atoms in total. The lowest BCUT2D eigenvalue weighted by Crippen LogP contribution is -2.40. The topological polar surface area (TPSA) is 81.4 Å². The first-order valence-electron chi connectivity index (χ1n) is 7.28. The fourth-order valence-corrected chi connectivity index (χ4v) is 4.68. The molecule has 1 fully saturated rings. The summed E-state index contributed by atoms with van der Waals surface area (Å²) in [7, 11) is -3.56. The Kier molecular flexibility index (Phi) is 4.91. The molecule has 0 saturated carbocycles. The Labute approximate surface area is 126 Å². The molecule has 1 atom stereocenters. The minimum Gasteiger partial charge on any atom is -0.398 e. The Bertz CT molecular complexity index is 608. The molecule has 0 radical (unpaired) electrons. The molecule has 1 aromatic rings. The van der Waals surface area contributed by atoms with Crippen LogP contribution >= 0.6 is 0 Å². The van der Waals surface area contributed by atoms with Crippen LogP contribution in [0.4, 0.5) is 5.69 Å². The van der Waals surface area contributed by atoms with E-state index in [1.54, 1.807) is 26.0 Å². The van der Waals surface area contributed by atoms with Crippen LogP contribution in [0.5, 0.6) is 0 Å². The molecule has 1 aliphatic rings. The van der Waals surface area contributed by atoms with Gasteiger partial charge < -0.3 is 10.5 Å². The molecule has 1 heterocycles. The van der Waals surface area contributed by atoms with Gasteiger partial charge in [-0.05, 0) is 56.7 Å². The number of sulfonamides is 1. The molecular formula is C15H24N2O3S. The molecule has 6 heteroatoms. The number of ether oxygens (including phenoxy) is 1. The van der Waals surface area contributed by atoms with Gasteiger partial charge in [-0.1, -0.05) is 6.07 Å². The van der Waals surface area contributed by atoms with Gasteiger partial charge in [0.15, 0.2) is 0 Å². The number of anilines is 1. The van der Waals surface area contributed by atoms with Crippen LogP contribution in [0.25, 0.3) is 0 Å². The van der Waals surface area contributed by atoms with Gasteiger partial charge >= 0.3 is 0 Å². The minimum absolute atomic E-state index is 0.112. The van der Waals surface area contributed by atoms with Crippen LogP contribution in [0.2, 0.25) is 0 Å². The van der Waals surface area contributed by atoms with Crippen LogP contribution in [0, 0.1) is 19.8 Å². The second kappa shape index (κ2) is 6.34. The van der Waals surface area contributed by atoms with E-state index in [0.717, 1.165) is 12.8 Å². The van der Waals surface area contributed by atoms with Gasteiger partial charge in [-0.25, -0.2) is 13.1 Å². The fourth-order valence-electron chi connectivity index (χ4n) is 2.87. The number of hydrogen-bond donors (Lipinski definition) is 2. The molecule has 3 N–H and O–H groups in total. The molecule has 1 saturated heterocycles. The average molecular weight is 312 g/mol. The largest absolute Gasteiger partial charge is 0.398 e. The Morgan fingerprint density at radius 1 is 1.29 bits per heavy atom. The van der Waals surface area contributed by atoms with Crippen LogP contribution in [0.3, 0.4) is 0 Å². The summed E-state index contributed by atoms with van der Waals surface area (Å²) in [6.07, 6.45) is 1.77. The molecule has 0 aliphatic carbocycles. The third-order valence-corrected chi connectivity index (χ3v) is 6.08. The van der Waals surface area contributed by atoms with Crippen molar-refractivity contribution in [3.05, 3.63) is 23.3 Å². The summed E-state index contributed by atoms with van der Waals surface area (Å²) in [5.74, 6) is 0.315. The van der Waals surface area contributed by atoms with Crippen molar-refractivity contribution in [2.24, 2.45) is 5.92 Å². The van der Waals surface area contributed by atoms with Gasteiger partial charge in [0.2, 0.25) is 10.0 Å². The summed E-state index contributed by atoms with van der Waals surface area (Å²) in [5, 5.41) is 0. The van der Waals surface area contributed by atoms with Crippen molar-refractivity contribution < 1.29 is 13.2 Å². The molecule has 0 amide bonds. The highest BCUT2D eigenvalue weighted by Gasteiger charge is 2.27. The highest BCUT2D eigenvalue weighted by atomic mass is 32.2. The number of nitrogens with two attached hydrogens (primary N) is 1. The summed E-state index contributed by atoms with van der Waals surface area (Å²) in [6.45, 7) is 6.86. The average Bonchev–Trinajstić information content (AvgIpc) is 2.43. The summed E-state index contributed by atoms with van der Waals surface area (Å²) in [6, 6.07) is 3.38. The van der Waals surface area contributed by atoms with E-state index in [2.05, 4.69) is 4.72 Å². The number of nitrogen functional groups attached to an aromatic ring is 1. The highest BCUT2D eigenvalue weighted by molar-refractivity contribution is 7.89. The van der Waals surface area contributed by atoms with Gasteiger partial charge in [0.05, 0.1) is 4.90 Å². The summed E-state index contributed by atoms with van der Waals surface area (Å²) >= 11 is 0. The first-order chi connectivity index (χ1) is 9.83. The van der Waals surface area contributed by atoms with Gasteiger partial charge in [-0.3, -0.25) is 0 Å². The highest BCUT2D eigenvalue weighted by Crippen LogP contribution is 2.26. The maximum atomic E-state index is 12.7. The van der Waals surface area contributed by atoms with E-state index in [-0.39, 0.29) is 6.04 Å². The second-order valence-corrected chi connectivity index (χ2v) is 7.44. The molecule has 118 valence electrons. The van der Waals surface area contributed by atoms with Crippen LogP contribution in [-0.4, -0.2) is 27.7 Å². The van der Waals surface area contributed by atoms with E-state index in [1.165, 1.54) is 0 Å². The van der Waals surface area contributed by atoms with Crippen molar-refractivity contribution in [2.75, 3.05) is 18.9 Å². The Morgan fingerprint density at radius 2 is 1.90 bits per heavy atom. The van der Waals surface area contributed by atoms with Gasteiger partial charge in [0.25, 0.3) is 0 Å². The van der Waals surface area contributed by atoms with E-state index in [0.29, 0.717) is 40.8 Å². The number of rotatable bonds is 4. The van der Waals surface area contributed by atoms with Gasteiger partial charge in [0, 0.05) is 24.9 Å². The van der Waals surface area contributed by atoms with E-state index >= 15 is 0 Å². The number of nitrogens with one attached hydrogen (secondary N) is 1. The molecule has 0 bridgehead atoms. The van der Waals surface area contributed by atoms with Crippen molar-refractivity contribution in [2.45, 2.75) is 44.6 Å². The second-order valence-electron chi connectivity index (χ2n) is 5.79. The number of hydrogen-bond acceptors (Lipinski definition) is 4. The first kappa shape index (κ1) is 16.3. The van der Waals surface area contributed by atoms with Gasteiger partial charge in [0.1, 0.15) is 0 Å². The van der Waals surface area contributed by atoms with Crippen molar-refractivity contribution in [1.29, 1.82) is 0 Å². The third kappa shape index (κ3) is 3.56. The Balaban J connectivity index is 2.24. The van der Waals surface area contributed by atoms with Gasteiger partial charge in [-0.2, -0.15) is 0 Å².